The molecule has 3 N–H and O–H groups in total. The Morgan fingerprint density at radius 1 is 1.29 bits per heavy atom. The van der Waals surface area contributed by atoms with Gasteiger partial charge in [0.15, 0.2) is 0 Å². The molecular weight excluding hydrogens is 258 g/mol. The minimum absolute atomic E-state index is 0.292. The smallest absolute Gasteiger partial charge is 0.0797 e. The van der Waals surface area contributed by atoms with E-state index in [4.69, 9.17) is 5.73 Å². The molecule has 122 valence electrons. The SMILES string of the molecule is C=CC(C)(O)CCC1C(N)CCC2C(C)(C)CCCC12C. The van der Waals surface area contributed by atoms with E-state index in [9.17, 15) is 5.11 Å². The quantitative estimate of drug-likeness (QED) is 0.760. The summed E-state index contributed by atoms with van der Waals surface area (Å²) >= 11 is 0. The zero-order valence-corrected chi connectivity index (χ0v) is 14.5. The molecule has 2 fully saturated rings. The average Bonchev–Trinajstić information content (AvgIpc) is 2.36. The van der Waals surface area contributed by atoms with Gasteiger partial charge >= 0.3 is 0 Å². The molecule has 21 heavy (non-hydrogen) atoms. The number of aliphatic hydroxyl groups is 1. The van der Waals surface area contributed by atoms with Crippen molar-refractivity contribution >= 4 is 0 Å². The van der Waals surface area contributed by atoms with E-state index in [2.05, 4.69) is 27.4 Å². The second-order valence-electron chi connectivity index (χ2n) is 8.85. The molecule has 2 rings (SSSR count). The Morgan fingerprint density at radius 2 is 1.95 bits per heavy atom. The van der Waals surface area contributed by atoms with Crippen molar-refractivity contribution in [3.05, 3.63) is 12.7 Å². The van der Waals surface area contributed by atoms with Gasteiger partial charge in [0, 0.05) is 6.04 Å². The maximum absolute atomic E-state index is 10.3. The fourth-order valence-corrected chi connectivity index (χ4v) is 5.47. The van der Waals surface area contributed by atoms with Gasteiger partial charge in [-0.25, -0.2) is 0 Å². The van der Waals surface area contributed by atoms with Crippen LogP contribution in [-0.4, -0.2) is 16.7 Å². The van der Waals surface area contributed by atoms with Gasteiger partial charge in [0.25, 0.3) is 0 Å². The van der Waals surface area contributed by atoms with Crippen molar-refractivity contribution in [3.63, 3.8) is 0 Å². The summed E-state index contributed by atoms with van der Waals surface area (Å²) in [4.78, 5) is 0. The van der Waals surface area contributed by atoms with Gasteiger partial charge in [-0.3, -0.25) is 0 Å². The van der Waals surface area contributed by atoms with Gasteiger partial charge < -0.3 is 10.8 Å². The molecule has 0 aromatic heterocycles. The Bertz CT molecular complexity index is 387. The van der Waals surface area contributed by atoms with E-state index in [1.807, 2.05) is 6.92 Å². The minimum atomic E-state index is -0.757. The summed E-state index contributed by atoms with van der Waals surface area (Å²) in [5.74, 6) is 1.31. The molecule has 0 aromatic carbocycles. The molecule has 5 atom stereocenters. The van der Waals surface area contributed by atoms with Gasteiger partial charge in [0.05, 0.1) is 5.60 Å². The van der Waals surface area contributed by atoms with Crippen LogP contribution in [0.15, 0.2) is 12.7 Å². The summed E-state index contributed by atoms with van der Waals surface area (Å²) in [6, 6.07) is 0.292. The molecule has 0 heterocycles. The summed E-state index contributed by atoms with van der Waals surface area (Å²) in [6.45, 7) is 13.0. The van der Waals surface area contributed by atoms with Crippen molar-refractivity contribution < 1.29 is 5.11 Å². The van der Waals surface area contributed by atoms with Crippen molar-refractivity contribution in [1.82, 2.24) is 0 Å². The monoisotopic (exact) mass is 293 g/mol. The summed E-state index contributed by atoms with van der Waals surface area (Å²) < 4.78 is 0. The third-order valence-corrected chi connectivity index (χ3v) is 6.83. The van der Waals surface area contributed by atoms with Crippen LogP contribution < -0.4 is 5.73 Å². The first-order valence-electron chi connectivity index (χ1n) is 8.74. The van der Waals surface area contributed by atoms with Crippen molar-refractivity contribution in [2.75, 3.05) is 0 Å². The van der Waals surface area contributed by atoms with E-state index in [0.717, 1.165) is 25.2 Å². The van der Waals surface area contributed by atoms with Gasteiger partial charge in [-0.05, 0) is 68.1 Å². The van der Waals surface area contributed by atoms with Crippen LogP contribution >= 0.6 is 0 Å². The number of hydrogen-bond acceptors (Lipinski definition) is 2. The number of fused-ring (bicyclic) bond motifs is 1. The van der Waals surface area contributed by atoms with Crippen LogP contribution in [0.2, 0.25) is 0 Å². The molecule has 0 amide bonds. The van der Waals surface area contributed by atoms with Crippen molar-refractivity contribution in [2.24, 2.45) is 28.4 Å². The normalized spacial score (nSPS) is 41.9. The molecule has 2 heteroatoms. The summed E-state index contributed by atoms with van der Waals surface area (Å²) in [5, 5.41) is 10.3. The third kappa shape index (κ3) is 3.22. The lowest BCUT2D eigenvalue weighted by Gasteiger charge is -2.59. The fourth-order valence-electron chi connectivity index (χ4n) is 5.47. The highest BCUT2D eigenvalue weighted by Crippen LogP contribution is 2.60. The average molecular weight is 293 g/mol. The standard InChI is InChI=1S/C19H35NO/c1-6-18(4,21)13-10-14-15(20)8-9-16-17(2,3)11-7-12-19(14,16)5/h6,14-16,21H,1,7-13,20H2,2-5H3. The first kappa shape index (κ1) is 17.0. The highest BCUT2D eigenvalue weighted by molar-refractivity contribution is 5.05. The predicted octanol–water partition coefficient (Wildman–Crippen LogP) is 4.27. The Morgan fingerprint density at radius 3 is 2.57 bits per heavy atom. The largest absolute Gasteiger partial charge is 0.386 e. The number of nitrogens with two attached hydrogens (primary N) is 1. The molecule has 2 aliphatic carbocycles. The molecule has 2 nitrogen and oxygen atoms in total. The molecule has 0 radical (unpaired) electrons. The van der Waals surface area contributed by atoms with Crippen LogP contribution in [0.1, 0.15) is 72.6 Å². The van der Waals surface area contributed by atoms with Gasteiger partial charge in [-0.15, -0.1) is 6.58 Å². The summed E-state index contributed by atoms with van der Waals surface area (Å²) in [5.41, 5.74) is 6.55. The maximum Gasteiger partial charge on any atom is 0.0797 e. The Hall–Kier alpha value is -0.340. The van der Waals surface area contributed by atoms with Gasteiger partial charge in [-0.2, -0.15) is 0 Å². The minimum Gasteiger partial charge on any atom is -0.386 e. The first-order valence-corrected chi connectivity index (χ1v) is 8.74. The van der Waals surface area contributed by atoms with E-state index in [1.165, 1.54) is 25.7 Å². The lowest BCUT2D eigenvalue weighted by Crippen LogP contribution is -2.55. The lowest BCUT2D eigenvalue weighted by molar-refractivity contribution is -0.0868. The molecular formula is C19H35NO. The van der Waals surface area contributed by atoms with E-state index >= 15 is 0 Å². The van der Waals surface area contributed by atoms with Gasteiger partial charge in [0.1, 0.15) is 0 Å². The van der Waals surface area contributed by atoms with Crippen LogP contribution in [0.4, 0.5) is 0 Å². The first-order chi connectivity index (χ1) is 9.62. The number of hydrogen-bond donors (Lipinski definition) is 2. The Balaban J connectivity index is 2.19. The van der Waals surface area contributed by atoms with Crippen molar-refractivity contribution in [3.8, 4) is 0 Å². The van der Waals surface area contributed by atoms with Crippen LogP contribution in [0, 0.1) is 22.7 Å². The van der Waals surface area contributed by atoms with Gasteiger partial charge in [-0.1, -0.05) is 33.3 Å². The van der Waals surface area contributed by atoms with E-state index < -0.39 is 5.60 Å². The predicted molar refractivity (Wildman–Crippen MR) is 90.0 cm³/mol. The zero-order chi connectivity index (χ0) is 15.9. The summed E-state index contributed by atoms with van der Waals surface area (Å²) in [6.07, 6.45) is 9.85. The van der Waals surface area contributed by atoms with Crippen LogP contribution in [0.25, 0.3) is 0 Å². The second kappa shape index (κ2) is 5.70. The molecule has 2 aliphatic rings. The topological polar surface area (TPSA) is 46.2 Å². The van der Waals surface area contributed by atoms with Gasteiger partial charge in [0.2, 0.25) is 0 Å². The third-order valence-electron chi connectivity index (χ3n) is 6.83. The van der Waals surface area contributed by atoms with E-state index in [1.54, 1.807) is 6.08 Å². The zero-order valence-electron chi connectivity index (χ0n) is 14.5. The Kier molecular flexibility index (Phi) is 4.62. The van der Waals surface area contributed by atoms with Crippen molar-refractivity contribution in [2.45, 2.75) is 84.3 Å². The molecule has 0 bridgehead atoms. The molecule has 0 aliphatic heterocycles. The molecule has 5 unspecified atom stereocenters. The molecule has 2 saturated carbocycles. The van der Waals surface area contributed by atoms with Crippen LogP contribution in [0.5, 0.6) is 0 Å². The molecule has 0 saturated heterocycles. The van der Waals surface area contributed by atoms with E-state index in [0.29, 0.717) is 22.8 Å². The summed E-state index contributed by atoms with van der Waals surface area (Å²) in [7, 11) is 0. The Labute approximate surface area is 131 Å². The highest BCUT2D eigenvalue weighted by atomic mass is 16.3. The fraction of sp³-hybridized carbons (Fsp3) is 0.895. The van der Waals surface area contributed by atoms with E-state index in [-0.39, 0.29) is 0 Å². The molecule has 0 aromatic rings. The highest BCUT2D eigenvalue weighted by Gasteiger charge is 2.53. The van der Waals surface area contributed by atoms with Crippen LogP contribution in [-0.2, 0) is 0 Å². The number of rotatable bonds is 4. The van der Waals surface area contributed by atoms with Crippen molar-refractivity contribution in [1.29, 1.82) is 0 Å². The second-order valence-corrected chi connectivity index (χ2v) is 8.85. The molecule has 0 spiro atoms. The maximum atomic E-state index is 10.3. The lowest BCUT2D eigenvalue weighted by atomic mass is 9.47. The van der Waals surface area contributed by atoms with Crippen LogP contribution in [0.3, 0.4) is 0 Å².